The Morgan fingerprint density at radius 1 is 1.36 bits per heavy atom. The van der Waals surface area contributed by atoms with E-state index in [0.29, 0.717) is 18.0 Å². The molecule has 1 fully saturated rings. The molecule has 1 aliphatic rings. The fourth-order valence-corrected chi connectivity index (χ4v) is 6.48. The number of piperidine rings is 1. The van der Waals surface area contributed by atoms with Crippen LogP contribution in [0.25, 0.3) is 10.1 Å². The molecular formula is C16H21NO3S2. The summed E-state index contributed by atoms with van der Waals surface area (Å²) in [6, 6.07) is 7.64. The van der Waals surface area contributed by atoms with Gasteiger partial charge in [0.15, 0.2) is 0 Å². The highest BCUT2D eigenvalue weighted by Gasteiger charge is 2.34. The first-order chi connectivity index (χ1) is 10.4. The summed E-state index contributed by atoms with van der Waals surface area (Å²) in [5.74, 6) is 0.0220. The van der Waals surface area contributed by atoms with Gasteiger partial charge < -0.3 is 5.11 Å². The Balaban J connectivity index is 2.03. The van der Waals surface area contributed by atoms with Gasteiger partial charge in [-0.3, -0.25) is 0 Å². The molecule has 1 aromatic carbocycles. The fourth-order valence-electron chi connectivity index (χ4n) is 3.18. The molecule has 0 bridgehead atoms. The van der Waals surface area contributed by atoms with E-state index in [4.69, 9.17) is 0 Å². The average molecular weight is 339 g/mol. The monoisotopic (exact) mass is 339 g/mol. The summed E-state index contributed by atoms with van der Waals surface area (Å²) in [6.45, 7) is 4.55. The predicted molar refractivity (Wildman–Crippen MR) is 89.7 cm³/mol. The van der Waals surface area contributed by atoms with Crippen LogP contribution in [-0.4, -0.2) is 37.0 Å². The molecule has 1 aliphatic heterocycles. The fraction of sp³-hybridized carbons (Fsp3) is 0.500. The third-order valence-electron chi connectivity index (χ3n) is 4.42. The van der Waals surface area contributed by atoms with E-state index in [2.05, 4.69) is 0 Å². The van der Waals surface area contributed by atoms with Crippen molar-refractivity contribution in [3.8, 4) is 0 Å². The number of hydrogen-bond donors (Lipinski definition) is 1. The first kappa shape index (κ1) is 15.9. The van der Waals surface area contributed by atoms with Crippen LogP contribution < -0.4 is 0 Å². The van der Waals surface area contributed by atoms with Crippen molar-refractivity contribution in [3.63, 3.8) is 0 Å². The van der Waals surface area contributed by atoms with E-state index in [1.54, 1.807) is 11.2 Å². The first-order valence-electron chi connectivity index (χ1n) is 7.57. The zero-order valence-electron chi connectivity index (χ0n) is 12.8. The summed E-state index contributed by atoms with van der Waals surface area (Å²) in [5.41, 5.74) is 0. The molecule has 1 aromatic heterocycles. The molecule has 2 aromatic rings. The number of fused-ring (bicyclic) bond motifs is 1. The second-order valence-electron chi connectivity index (χ2n) is 5.99. The van der Waals surface area contributed by atoms with E-state index < -0.39 is 16.1 Å². The van der Waals surface area contributed by atoms with Gasteiger partial charge in [-0.2, -0.15) is 4.31 Å². The van der Waals surface area contributed by atoms with Crippen LogP contribution in [0.4, 0.5) is 0 Å². The van der Waals surface area contributed by atoms with E-state index in [0.717, 1.165) is 27.8 Å². The molecule has 2 atom stereocenters. The van der Waals surface area contributed by atoms with Gasteiger partial charge in [0.1, 0.15) is 4.90 Å². The highest BCUT2D eigenvalue weighted by molar-refractivity contribution is 7.89. The van der Waals surface area contributed by atoms with Crippen LogP contribution >= 0.6 is 11.3 Å². The van der Waals surface area contributed by atoms with Crippen LogP contribution in [0.5, 0.6) is 0 Å². The average Bonchev–Trinajstić information content (AvgIpc) is 2.83. The minimum absolute atomic E-state index is 0.0220. The summed E-state index contributed by atoms with van der Waals surface area (Å²) in [7, 11) is -3.51. The quantitative estimate of drug-likeness (QED) is 0.935. The number of rotatable bonds is 3. The van der Waals surface area contributed by atoms with Crippen molar-refractivity contribution < 1.29 is 13.5 Å². The second-order valence-corrected chi connectivity index (χ2v) is 9.12. The molecule has 1 saturated heterocycles. The van der Waals surface area contributed by atoms with Crippen molar-refractivity contribution in [2.24, 2.45) is 5.92 Å². The lowest BCUT2D eigenvalue weighted by Gasteiger charge is -2.33. The minimum atomic E-state index is -3.51. The summed E-state index contributed by atoms with van der Waals surface area (Å²) in [6.07, 6.45) is 1.21. The van der Waals surface area contributed by atoms with Crippen molar-refractivity contribution in [1.29, 1.82) is 0 Å². The molecule has 1 N–H and O–H groups in total. The molecule has 6 heteroatoms. The molecule has 0 amide bonds. The van der Waals surface area contributed by atoms with Gasteiger partial charge in [-0.15, -0.1) is 11.3 Å². The summed E-state index contributed by atoms with van der Waals surface area (Å²) in [4.78, 5) is 1.28. The van der Waals surface area contributed by atoms with E-state index in [1.807, 2.05) is 31.2 Å². The topological polar surface area (TPSA) is 57.6 Å². The molecule has 22 heavy (non-hydrogen) atoms. The standard InChI is InChI=1S/C16H21NO3S2/c1-11(18)13-6-5-9-17(10-13)22(19,20)16-12(2)21-15-8-4-3-7-14(15)16/h3-4,7-8,11,13,18H,5-6,9-10H2,1-2H3. The molecule has 2 heterocycles. The van der Waals surface area contributed by atoms with E-state index in [1.165, 1.54) is 11.3 Å². The number of aliphatic hydroxyl groups excluding tert-OH is 1. The molecule has 0 spiro atoms. The lowest BCUT2D eigenvalue weighted by molar-refractivity contribution is 0.0885. The van der Waals surface area contributed by atoms with Crippen molar-refractivity contribution in [2.75, 3.05) is 13.1 Å². The van der Waals surface area contributed by atoms with Crippen LogP contribution in [0.2, 0.25) is 0 Å². The van der Waals surface area contributed by atoms with Gasteiger partial charge >= 0.3 is 0 Å². The Morgan fingerprint density at radius 2 is 2.09 bits per heavy atom. The van der Waals surface area contributed by atoms with Gasteiger partial charge in [-0.05, 0) is 38.7 Å². The Hall–Kier alpha value is -0.950. The predicted octanol–water partition coefficient (Wildman–Crippen LogP) is 2.99. The molecular weight excluding hydrogens is 318 g/mol. The maximum atomic E-state index is 13.1. The number of benzene rings is 1. The van der Waals surface area contributed by atoms with Crippen LogP contribution in [0, 0.1) is 12.8 Å². The summed E-state index contributed by atoms with van der Waals surface area (Å²) in [5, 5.41) is 10.6. The highest BCUT2D eigenvalue weighted by atomic mass is 32.2. The Kier molecular flexibility index (Phi) is 4.29. The molecule has 120 valence electrons. The second kappa shape index (κ2) is 5.92. The molecule has 2 unspecified atom stereocenters. The normalized spacial score (nSPS) is 22.0. The van der Waals surface area contributed by atoms with E-state index in [9.17, 15) is 13.5 Å². The number of nitrogens with zero attached hydrogens (tertiary/aromatic N) is 1. The number of aliphatic hydroxyl groups is 1. The lowest BCUT2D eigenvalue weighted by Crippen LogP contribution is -2.42. The van der Waals surface area contributed by atoms with Gasteiger partial charge in [0.25, 0.3) is 0 Å². The van der Waals surface area contributed by atoms with Crippen LogP contribution in [0.15, 0.2) is 29.2 Å². The van der Waals surface area contributed by atoms with Crippen molar-refractivity contribution in [2.45, 2.75) is 37.7 Å². The number of sulfonamides is 1. The molecule has 3 rings (SSSR count). The maximum Gasteiger partial charge on any atom is 0.244 e. The molecule has 4 nitrogen and oxygen atoms in total. The van der Waals surface area contributed by atoms with Gasteiger partial charge in [0.2, 0.25) is 10.0 Å². The van der Waals surface area contributed by atoms with Crippen LogP contribution in [-0.2, 0) is 10.0 Å². The van der Waals surface area contributed by atoms with Crippen molar-refractivity contribution >= 4 is 31.4 Å². The molecule has 0 saturated carbocycles. The Morgan fingerprint density at radius 3 is 2.82 bits per heavy atom. The van der Waals surface area contributed by atoms with Gasteiger partial charge in [0.05, 0.1) is 6.10 Å². The lowest BCUT2D eigenvalue weighted by atomic mass is 9.95. The highest BCUT2D eigenvalue weighted by Crippen LogP contribution is 2.37. The largest absolute Gasteiger partial charge is 0.393 e. The smallest absolute Gasteiger partial charge is 0.244 e. The van der Waals surface area contributed by atoms with Crippen molar-refractivity contribution in [1.82, 2.24) is 4.31 Å². The third kappa shape index (κ3) is 2.69. The van der Waals surface area contributed by atoms with Gasteiger partial charge in [-0.25, -0.2) is 8.42 Å². The zero-order valence-corrected chi connectivity index (χ0v) is 14.5. The van der Waals surface area contributed by atoms with Gasteiger partial charge in [0, 0.05) is 28.1 Å². The molecule has 0 aliphatic carbocycles. The van der Waals surface area contributed by atoms with E-state index >= 15 is 0 Å². The number of hydrogen-bond acceptors (Lipinski definition) is 4. The zero-order chi connectivity index (χ0) is 15.9. The Labute approximate surface area is 135 Å². The van der Waals surface area contributed by atoms with Crippen LogP contribution in [0.1, 0.15) is 24.6 Å². The van der Waals surface area contributed by atoms with Gasteiger partial charge in [-0.1, -0.05) is 18.2 Å². The molecule has 0 radical (unpaired) electrons. The first-order valence-corrected chi connectivity index (χ1v) is 9.83. The third-order valence-corrected chi connectivity index (χ3v) is 7.68. The van der Waals surface area contributed by atoms with Crippen LogP contribution in [0.3, 0.4) is 0 Å². The number of aryl methyl sites for hydroxylation is 1. The minimum Gasteiger partial charge on any atom is -0.393 e. The SMILES string of the molecule is Cc1sc2ccccc2c1S(=O)(=O)N1CCCC(C(C)O)C1. The Bertz CT molecular complexity index is 780. The van der Waals surface area contributed by atoms with E-state index in [-0.39, 0.29) is 5.92 Å². The van der Waals surface area contributed by atoms with Crippen molar-refractivity contribution in [3.05, 3.63) is 29.1 Å². The summed E-state index contributed by atoms with van der Waals surface area (Å²) >= 11 is 1.52. The summed E-state index contributed by atoms with van der Waals surface area (Å²) < 4.78 is 28.8. The maximum absolute atomic E-state index is 13.1. The number of thiophene rings is 1.